The van der Waals surface area contributed by atoms with Crippen molar-refractivity contribution in [1.82, 2.24) is 5.32 Å². The number of rotatable bonds is 3. The number of carbonyl (C=O) groups excluding carboxylic acids is 1. The third-order valence-electron chi connectivity index (χ3n) is 5.09. The molecule has 2 aliphatic rings. The summed E-state index contributed by atoms with van der Waals surface area (Å²) in [6.07, 6.45) is 8.24. The fraction of sp³-hybridized carbons (Fsp3) is 0.611. The third-order valence-corrected chi connectivity index (χ3v) is 5.09. The molecule has 2 N–H and O–H groups in total. The van der Waals surface area contributed by atoms with Crippen LogP contribution in [0, 0.1) is 5.92 Å². The van der Waals surface area contributed by atoms with Crippen molar-refractivity contribution in [2.75, 3.05) is 11.9 Å². The zero-order valence-corrected chi connectivity index (χ0v) is 13.0. The lowest BCUT2D eigenvalue weighted by Gasteiger charge is -2.32. The van der Waals surface area contributed by atoms with Crippen molar-refractivity contribution < 1.29 is 4.79 Å². The van der Waals surface area contributed by atoms with E-state index in [1.165, 1.54) is 31.2 Å². The first-order chi connectivity index (χ1) is 10.3. The number of fused-ring (bicyclic) bond motifs is 1. The maximum atomic E-state index is 12.7. The summed E-state index contributed by atoms with van der Waals surface area (Å²) in [7, 11) is 0. The zero-order chi connectivity index (χ0) is 14.7. The molecular formula is C18H26N2O. The van der Waals surface area contributed by atoms with E-state index in [9.17, 15) is 4.79 Å². The molecule has 1 aliphatic heterocycles. The molecular weight excluding hydrogens is 260 g/mol. The van der Waals surface area contributed by atoms with Crippen LogP contribution in [0.5, 0.6) is 0 Å². The van der Waals surface area contributed by atoms with Gasteiger partial charge in [-0.2, -0.15) is 0 Å². The van der Waals surface area contributed by atoms with Crippen molar-refractivity contribution in [3.05, 3.63) is 29.3 Å². The molecule has 0 aromatic heterocycles. The number of nitrogens with one attached hydrogen (secondary N) is 2. The Balaban J connectivity index is 1.76. The number of hydrogen-bond acceptors (Lipinski definition) is 2. The highest BCUT2D eigenvalue weighted by atomic mass is 16.1. The lowest BCUT2D eigenvalue weighted by molar-refractivity contribution is 0.0903. The van der Waals surface area contributed by atoms with Crippen LogP contribution in [0.25, 0.3) is 0 Å². The van der Waals surface area contributed by atoms with E-state index in [2.05, 4.69) is 23.6 Å². The summed E-state index contributed by atoms with van der Waals surface area (Å²) in [6, 6.07) is 6.42. The first-order valence-electron chi connectivity index (χ1n) is 8.46. The average molecular weight is 286 g/mol. The minimum Gasteiger partial charge on any atom is -0.385 e. The highest BCUT2D eigenvalue weighted by Gasteiger charge is 2.26. The highest BCUT2D eigenvalue weighted by molar-refractivity contribution is 5.97. The van der Waals surface area contributed by atoms with E-state index in [0.29, 0.717) is 12.0 Å². The molecule has 0 spiro atoms. The van der Waals surface area contributed by atoms with Crippen LogP contribution in [0.15, 0.2) is 18.2 Å². The van der Waals surface area contributed by atoms with E-state index >= 15 is 0 Å². The number of benzene rings is 1. The van der Waals surface area contributed by atoms with Gasteiger partial charge in [0.1, 0.15) is 0 Å². The Hall–Kier alpha value is -1.51. The molecule has 1 saturated carbocycles. The minimum atomic E-state index is 0.126. The number of anilines is 1. The van der Waals surface area contributed by atoms with Gasteiger partial charge in [0, 0.05) is 23.8 Å². The van der Waals surface area contributed by atoms with Crippen molar-refractivity contribution in [1.29, 1.82) is 0 Å². The van der Waals surface area contributed by atoms with Gasteiger partial charge in [-0.1, -0.05) is 32.3 Å². The van der Waals surface area contributed by atoms with Crippen molar-refractivity contribution in [2.45, 2.75) is 57.9 Å². The summed E-state index contributed by atoms with van der Waals surface area (Å²) >= 11 is 0. The molecule has 0 saturated heterocycles. The normalized spacial score (nSPS) is 24.8. The SMILES string of the molecule is CCC1CCCCC1NC(=O)c1cccc2c1CCCN2. The molecule has 114 valence electrons. The van der Waals surface area contributed by atoms with Crippen LogP contribution in [-0.2, 0) is 6.42 Å². The molecule has 2 unspecified atom stereocenters. The van der Waals surface area contributed by atoms with E-state index in [1.54, 1.807) is 0 Å². The Morgan fingerprint density at radius 1 is 1.29 bits per heavy atom. The Kier molecular flexibility index (Phi) is 4.47. The van der Waals surface area contributed by atoms with Crippen molar-refractivity contribution in [2.24, 2.45) is 5.92 Å². The average Bonchev–Trinajstić information content (AvgIpc) is 2.54. The van der Waals surface area contributed by atoms with Crippen LogP contribution in [0.3, 0.4) is 0 Å². The molecule has 1 aliphatic carbocycles. The predicted octanol–water partition coefficient (Wildman–Crippen LogP) is 3.74. The lowest BCUT2D eigenvalue weighted by atomic mass is 9.82. The third kappa shape index (κ3) is 3.07. The molecule has 21 heavy (non-hydrogen) atoms. The Labute approximate surface area is 127 Å². The van der Waals surface area contributed by atoms with E-state index in [-0.39, 0.29) is 5.91 Å². The summed E-state index contributed by atoms with van der Waals surface area (Å²) in [4.78, 5) is 12.7. The number of amides is 1. The maximum Gasteiger partial charge on any atom is 0.251 e. The van der Waals surface area contributed by atoms with Gasteiger partial charge < -0.3 is 10.6 Å². The molecule has 1 aromatic rings. The summed E-state index contributed by atoms with van der Waals surface area (Å²) in [5.41, 5.74) is 3.22. The van der Waals surface area contributed by atoms with E-state index in [1.807, 2.05) is 12.1 Å². The fourth-order valence-electron chi connectivity index (χ4n) is 3.86. The standard InChI is InChI=1S/C18H26N2O/c1-2-13-7-3-4-10-16(13)20-18(21)15-8-5-11-17-14(15)9-6-12-19-17/h5,8,11,13,16,19H,2-4,6-7,9-10,12H2,1H3,(H,20,21). The van der Waals surface area contributed by atoms with E-state index in [0.717, 1.165) is 37.1 Å². The van der Waals surface area contributed by atoms with Crippen LogP contribution >= 0.6 is 0 Å². The molecule has 3 nitrogen and oxygen atoms in total. The van der Waals surface area contributed by atoms with Gasteiger partial charge in [-0.25, -0.2) is 0 Å². The van der Waals surface area contributed by atoms with Gasteiger partial charge in [-0.15, -0.1) is 0 Å². The molecule has 1 heterocycles. The summed E-state index contributed by atoms with van der Waals surface area (Å²) in [6.45, 7) is 3.25. The molecule has 3 rings (SSSR count). The van der Waals surface area contributed by atoms with Crippen LogP contribution in [0.2, 0.25) is 0 Å². The Morgan fingerprint density at radius 3 is 3.00 bits per heavy atom. The second-order valence-electron chi connectivity index (χ2n) is 6.39. The number of carbonyl (C=O) groups is 1. The molecule has 2 atom stereocenters. The van der Waals surface area contributed by atoms with Gasteiger partial charge in [0.25, 0.3) is 5.91 Å². The molecule has 1 aromatic carbocycles. The maximum absolute atomic E-state index is 12.7. The van der Waals surface area contributed by atoms with Crippen molar-refractivity contribution in [3.63, 3.8) is 0 Å². The minimum absolute atomic E-state index is 0.126. The summed E-state index contributed by atoms with van der Waals surface area (Å²) < 4.78 is 0. The van der Waals surface area contributed by atoms with Crippen LogP contribution in [0.1, 0.15) is 61.4 Å². The Bertz CT molecular complexity index is 512. The van der Waals surface area contributed by atoms with E-state index < -0.39 is 0 Å². The molecule has 0 radical (unpaired) electrons. The lowest BCUT2D eigenvalue weighted by Crippen LogP contribution is -2.42. The van der Waals surface area contributed by atoms with Gasteiger partial charge in [0.05, 0.1) is 0 Å². The monoisotopic (exact) mass is 286 g/mol. The predicted molar refractivity (Wildman–Crippen MR) is 86.8 cm³/mol. The Morgan fingerprint density at radius 2 is 2.14 bits per heavy atom. The second kappa shape index (κ2) is 6.50. The van der Waals surface area contributed by atoms with Crippen LogP contribution in [0.4, 0.5) is 5.69 Å². The number of hydrogen-bond donors (Lipinski definition) is 2. The molecule has 1 amide bonds. The fourth-order valence-corrected chi connectivity index (χ4v) is 3.86. The van der Waals surface area contributed by atoms with Crippen LogP contribution in [-0.4, -0.2) is 18.5 Å². The van der Waals surface area contributed by atoms with Gasteiger partial charge in [-0.3, -0.25) is 4.79 Å². The highest BCUT2D eigenvalue weighted by Crippen LogP contribution is 2.29. The largest absolute Gasteiger partial charge is 0.385 e. The summed E-state index contributed by atoms with van der Waals surface area (Å²) in [5.74, 6) is 0.779. The van der Waals surface area contributed by atoms with Crippen LogP contribution < -0.4 is 10.6 Å². The smallest absolute Gasteiger partial charge is 0.251 e. The first-order valence-corrected chi connectivity index (χ1v) is 8.46. The van der Waals surface area contributed by atoms with Crippen molar-refractivity contribution in [3.8, 4) is 0 Å². The topological polar surface area (TPSA) is 41.1 Å². The summed E-state index contributed by atoms with van der Waals surface area (Å²) in [5, 5.41) is 6.72. The van der Waals surface area contributed by atoms with E-state index in [4.69, 9.17) is 0 Å². The zero-order valence-electron chi connectivity index (χ0n) is 13.0. The van der Waals surface area contributed by atoms with Gasteiger partial charge in [-0.05, 0) is 49.3 Å². The van der Waals surface area contributed by atoms with Gasteiger partial charge >= 0.3 is 0 Å². The molecule has 0 bridgehead atoms. The van der Waals surface area contributed by atoms with Crippen molar-refractivity contribution >= 4 is 11.6 Å². The first kappa shape index (κ1) is 14.4. The molecule has 1 fully saturated rings. The van der Waals surface area contributed by atoms with Gasteiger partial charge in [0.15, 0.2) is 0 Å². The molecule has 3 heteroatoms. The second-order valence-corrected chi connectivity index (χ2v) is 6.39. The quantitative estimate of drug-likeness (QED) is 0.888. The van der Waals surface area contributed by atoms with Gasteiger partial charge in [0.2, 0.25) is 0 Å².